The van der Waals surface area contributed by atoms with Crippen molar-refractivity contribution in [2.75, 3.05) is 16.5 Å². The van der Waals surface area contributed by atoms with E-state index in [2.05, 4.69) is 64.7 Å². The summed E-state index contributed by atoms with van der Waals surface area (Å²) in [4.78, 5) is 7.65. The molecule has 3 heterocycles. The van der Waals surface area contributed by atoms with E-state index in [9.17, 15) is 15.1 Å². The molecule has 0 unspecified atom stereocenters. The van der Waals surface area contributed by atoms with Gasteiger partial charge in [0.05, 0.1) is 56.9 Å². The fourth-order valence-corrected chi connectivity index (χ4v) is 8.43. The summed E-state index contributed by atoms with van der Waals surface area (Å²) in [7, 11) is 0. The van der Waals surface area contributed by atoms with Crippen molar-refractivity contribution in [1.82, 2.24) is 9.55 Å². The van der Waals surface area contributed by atoms with Gasteiger partial charge in [-0.2, -0.15) is 0 Å². The fraction of sp³-hybridized carbons (Fsp3) is 0.159. The Bertz CT molecular complexity index is 4780. The molecule has 8 aromatic carbocycles. The molecule has 11 rings (SSSR count). The Kier molecular flexibility index (Phi) is 5.85. The van der Waals surface area contributed by atoms with E-state index in [1.54, 1.807) is 41.3 Å². The molecule has 10 aromatic rings. The van der Waals surface area contributed by atoms with Crippen molar-refractivity contribution in [3.8, 4) is 50.7 Å². The Morgan fingerprint density at radius 3 is 1.93 bits per heavy atom. The van der Waals surface area contributed by atoms with Gasteiger partial charge < -0.3 is 14.5 Å². The molecular weight excluding hydrogens is 829 g/mol. The number of anilines is 4. The number of pyridine rings is 1. The second-order valence-corrected chi connectivity index (χ2v) is 18.4. The van der Waals surface area contributed by atoms with E-state index in [1.807, 2.05) is 11.0 Å². The van der Waals surface area contributed by atoms with Crippen LogP contribution in [0.3, 0.4) is 0 Å². The summed E-state index contributed by atoms with van der Waals surface area (Å²) in [5.41, 5.74) is 1.01. The minimum atomic E-state index is -3.22. The molecule has 68 heavy (non-hydrogen) atoms. The minimum absolute atomic E-state index is 0.0325. The summed E-state index contributed by atoms with van der Waals surface area (Å²) in [6.07, 6.45) is -0.957. The second kappa shape index (κ2) is 16.8. The Morgan fingerprint density at radius 1 is 0.544 bits per heavy atom. The van der Waals surface area contributed by atoms with Crippen LogP contribution in [-0.2, 0) is 10.8 Å². The molecule has 0 saturated carbocycles. The van der Waals surface area contributed by atoms with Crippen molar-refractivity contribution in [1.29, 1.82) is 0 Å². The van der Waals surface area contributed by atoms with Crippen LogP contribution in [0.2, 0.25) is 0 Å². The van der Waals surface area contributed by atoms with E-state index in [0.717, 1.165) is 27.3 Å². The first kappa shape index (κ1) is 23.7. The van der Waals surface area contributed by atoms with Gasteiger partial charge in [-0.3, -0.25) is 4.57 Å². The third kappa shape index (κ3) is 7.88. The number of aromatic nitrogens is 2. The SMILES string of the molecule is [2H]c1nc(-n2c3cc(Oc4cc(N5CN(c6c(-c7cc(C(C)(C)C)cc(C(C)(C)C)c7)cccc6-c6c([2H])c([2H])c([2H])c([2H])c6[2H])c6ccccc65)c([2H])c([2H])c4[2H])c([2H])c([2H])c3c3c([2H])c(-c4c([2H])c([2H])c([2H])c([2H])c4[2H])c([2H])c([2H])c32)c([2H])c(C([2H])([2H])[2H])c1[2H]. The van der Waals surface area contributed by atoms with Crippen molar-refractivity contribution in [2.45, 2.75) is 59.2 Å². The van der Waals surface area contributed by atoms with E-state index >= 15 is 0 Å². The summed E-state index contributed by atoms with van der Waals surface area (Å²) >= 11 is 0. The van der Waals surface area contributed by atoms with Crippen LogP contribution < -0.4 is 14.5 Å². The zero-order valence-corrected chi connectivity index (χ0v) is 37.8. The Labute approximate surface area is 434 Å². The lowest BCUT2D eigenvalue weighted by atomic mass is 9.78. The number of hydrogen-bond donors (Lipinski definition) is 0. The molecule has 1 aliphatic rings. The van der Waals surface area contributed by atoms with Crippen LogP contribution in [0.15, 0.2) is 200 Å². The quantitative estimate of drug-likeness (QED) is 0.152. The van der Waals surface area contributed by atoms with Crippen molar-refractivity contribution < 1.29 is 37.6 Å². The largest absolute Gasteiger partial charge is 0.457 e. The van der Waals surface area contributed by atoms with Gasteiger partial charge in [-0.25, -0.2) is 4.98 Å². The van der Waals surface area contributed by atoms with Gasteiger partial charge in [-0.05, 0) is 117 Å². The molecule has 1 aliphatic heterocycles. The predicted molar refractivity (Wildman–Crippen MR) is 286 cm³/mol. The van der Waals surface area contributed by atoms with Crippen molar-refractivity contribution in [3.05, 3.63) is 217 Å². The third-order valence-electron chi connectivity index (χ3n) is 11.8. The fourth-order valence-electron chi connectivity index (χ4n) is 8.43. The number of rotatable bonds is 8. The summed E-state index contributed by atoms with van der Waals surface area (Å²) in [5, 5.41) is -0.875. The van der Waals surface area contributed by atoms with Crippen molar-refractivity contribution in [3.63, 3.8) is 0 Å². The Morgan fingerprint density at radius 2 is 1.22 bits per heavy atom. The van der Waals surface area contributed by atoms with Crippen molar-refractivity contribution in [2.24, 2.45) is 0 Å². The summed E-state index contributed by atoms with van der Waals surface area (Å²) in [6.45, 7) is 9.15. The molecule has 5 heteroatoms. The van der Waals surface area contributed by atoms with Crippen LogP contribution in [0.25, 0.3) is 61.0 Å². The summed E-state index contributed by atoms with van der Waals surface area (Å²) in [6, 6.07) is 6.38. The minimum Gasteiger partial charge on any atom is -0.457 e. The molecule has 334 valence electrons. The van der Waals surface area contributed by atoms with Gasteiger partial charge in [0.1, 0.15) is 24.0 Å². The van der Waals surface area contributed by atoms with Gasteiger partial charge in [0.15, 0.2) is 0 Å². The summed E-state index contributed by atoms with van der Waals surface area (Å²) < 4.78 is 222. The molecule has 0 N–H and O–H groups in total. The topological polar surface area (TPSA) is 33.5 Å². The van der Waals surface area contributed by atoms with Crippen LogP contribution in [0, 0.1) is 6.85 Å². The molecule has 0 radical (unpaired) electrons. The number of fused-ring (bicyclic) bond motifs is 4. The van der Waals surface area contributed by atoms with E-state index < -0.39 is 184 Å². The first-order valence-corrected chi connectivity index (χ1v) is 21.8. The van der Waals surface area contributed by atoms with Gasteiger partial charge in [0.25, 0.3) is 0 Å². The van der Waals surface area contributed by atoms with E-state index in [4.69, 9.17) is 22.6 Å². The summed E-state index contributed by atoms with van der Waals surface area (Å²) in [5.74, 6) is -1.78. The Balaban J connectivity index is 1.15. The smallest absolute Gasteiger partial charge is 0.137 e. The lowest BCUT2D eigenvalue weighted by Crippen LogP contribution is -2.25. The maximum absolute atomic E-state index is 9.68. The number of ether oxygens (including phenoxy) is 1. The van der Waals surface area contributed by atoms with Crippen LogP contribution in [-0.4, -0.2) is 16.2 Å². The van der Waals surface area contributed by atoms with Gasteiger partial charge in [-0.15, -0.1) is 0 Å². The average molecular weight is 909 g/mol. The number of nitrogens with zero attached hydrogens (tertiary/aromatic N) is 4. The highest BCUT2D eigenvalue weighted by molar-refractivity contribution is 6.11. The van der Waals surface area contributed by atoms with Crippen LogP contribution in [0.5, 0.6) is 11.5 Å². The number of para-hydroxylation sites is 3. The van der Waals surface area contributed by atoms with Gasteiger partial charge >= 0.3 is 0 Å². The average Bonchev–Trinajstić information content (AvgIpc) is 1.52. The maximum Gasteiger partial charge on any atom is 0.137 e. The van der Waals surface area contributed by atoms with Crippen LogP contribution >= 0.6 is 0 Å². The number of hydrogen-bond acceptors (Lipinski definition) is 4. The molecule has 0 saturated heterocycles. The highest BCUT2D eigenvalue weighted by Gasteiger charge is 2.32. The predicted octanol–water partition coefficient (Wildman–Crippen LogP) is 17.1. The van der Waals surface area contributed by atoms with E-state index in [-0.39, 0.29) is 39.8 Å². The first-order chi connectivity index (χ1) is 42.8. The zero-order chi connectivity index (χ0) is 67.5. The van der Waals surface area contributed by atoms with E-state index in [0.29, 0.717) is 22.6 Å². The molecule has 2 aromatic heterocycles. The molecule has 5 nitrogen and oxygen atoms in total. The molecule has 0 amide bonds. The highest BCUT2D eigenvalue weighted by atomic mass is 16.5. The second-order valence-electron chi connectivity index (χ2n) is 18.4. The Hall–Kier alpha value is -7.89. The molecule has 0 fully saturated rings. The standard InChI is InChI=1S/C63H56N4O/c1-42-32-33-64-60(34-42)67-56-31-28-45(43-18-10-8-11-19-43)37-55(56)54-30-29-51(40-59(54)67)68-50-23-16-22-49(39-50)65-41-66(58-27-15-14-26-57(58)65)61-52(44-20-12-9-13-21-44)24-17-25-53(61)46-35-47(62(2,3)4)38-48(36-46)63(5,6)7/h8-40H,41H2,1-7H3/i1D3,8D,9D,10D,11D,12D,13D,16D,18D,19D,20D,21D,22D,23D,28D,29D,30D,31D,32D,33D,34D,37D. The van der Waals surface area contributed by atoms with Gasteiger partial charge in [0.2, 0.25) is 0 Å². The first-order valence-electron chi connectivity index (χ1n) is 33.8. The third-order valence-corrected chi connectivity index (χ3v) is 11.8. The maximum atomic E-state index is 9.68. The molecule has 0 bridgehead atoms. The van der Waals surface area contributed by atoms with Crippen LogP contribution in [0.1, 0.15) is 91.1 Å². The molecule has 0 spiro atoms. The highest BCUT2D eigenvalue weighted by Crippen LogP contribution is 2.51. The monoisotopic (exact) mass is 909 g/mol. The molecule has 0 aliphatic carbocycles. The lowest BCUT2D eigenvalue weighted by molar-refractivity contribution is 0.483. The zero-order valence-electron chi connectivity index (χ0n) is 61.8. The van der Waals surface area contributed by atoms with Gasteiger partial charge in [0, 0.05) is 50.0 Å². The lowest BCUT2D eigenvalue weighted by Gasteiger charge is -2.29. The normalized spacial score (nSPS) is 18.0. The molecule has 0 atom stereocenters. The van der Waals surface area contributed by atoms with Gasteiger partial charge in [-0.1, -0.05) is 163 Å². The van der Waals surface area contributed by atoms with Crippen LogP contribution in [0.4, 0.5) is 22.7 Å². The van der Waals surface area contributed by atoms with E-state index in [1.165, 1.54) is 6.07 Å². The van der Waals surface area contributed by atoms with Crippen molar-refractivity contribution >= 4 is 44.6 Å². The number of benzene rings is 8. The molecular formula is C63H56N4O.